The van der Waals surface area contributed by atoms with E-state index in [0.29, 0.717) is 23.1 Å². The molecule has 5 heteroatoms. The van der Waals surface area contributed by atoms with Crippen LogP contribution in [0.5, 0.6) is 0 Å². The quantitative estimate of drug-likeness (QED) is 0.945. The summed E-state index contributed by atoms with van der Waals surface area (Å²) in [5.41, 5.74) is 8.36. The van der Waals surface area contributed by atoms with E-state index in [0.717, 1.165) is 38.0 Å². The molecule has 2 heterocycles. The van der Waals surface area contributed by atoms with E-state index < -0.39 is 0 Å². The topological polar surface area (TPSA) is 47.1 Å². The molecule has 4 nitrogen and oxygen atoms in total. The van der Waals surface area contributed by atoms with Crippen LogP contribution >= 0.6 is 0 Å². The highest BCUT2D eigenvalue weighted by Gasteiger charge is 2.23. The van der Waals surface area contributed by atoms with Crippen LogP contribution in [-0.2, 0) is 0 Å². The molecule has 0 radical (unpaired) electrons. The summed E-state index contributed by atoms with van der Waals surface area (Å²) in [6.07, 6.45) is 3.34. The first kappa shape index (κ1) is 14.3. The molecule has 0 aliphatic carbocycles. The van der Waals surface area contributed by atoms with Gasteiger partial charge in [0.15, 0.2) is 0 Å². The fourth-order valence-electron chi connectivity index (χ4n) is 3.34. The number of hydrogen-bond donors (Lipinski definition) is 1. The summed E-state index contributed by atoms with van der Waals surface area (Å²) in [5.74, 6) is 0.286. The van der Waals surface area contributed by atoms with Crippen molar-refractivity contribution in [3.05, 3.63) is 23.5 Å². The van der Waals surface area contributed by atoms with Crippen LogP contribution in [-0.4, -0.2) is 34.1 Å². The van der Waals surface area contributed by atoms with Crippen molar-refractivity contribution in [1.29, 1.82) is 0 Å². The number of nitrogen functional groups attached to an aromatic ring is 1. The number of nitrogens with zero attached hydrogens (tertiary/aromatic N) is 3. The van der Waals surface area contributed by atoms with Gasteiger partial charge >= 0.3 is 0 Å². The lowest BCUT2D eigenvalue weighted by Crippen LogP contribution is -2.35. The van der Waals surface area contributed by atoms with Gasteiger partial charge in [-0.15, -0.1) is 0 Å². The molecule has 1 fully saturated rings. The third kappa shape index (κ3) is 2.62. The fourth-order valence-corrected chi connectivity index (χ4v) is 3.34. The molecule has 0 unspecified atom stereocenters. The van der Waals surface area contributed by atoms with E-state index in [1.54, 1.807) is 6.92 Å². The summed E-state index contributed by atoms with van der Waals surface area (Å²) >= 11 is 0. The summed E-state index contributed by atoms with van der Waals surface area (Å²) < 4.78 is 15.8. The van der Waals surface area contributed by atoms with Crippen LogP contribution < -0.4 is 5.73 Å². The molecule has 0 amide bonds. The maximum absolute atomic E-state index is 13.7. The number of imidazole rings is 1. The highest BCUT2D eigenvalue weighted by Crippen LogP contribution is 2.31. The standard InChI is InChI=1S/C16H23FN4/c1-3-6-20-7-4-12(5-8-20)21-15-9-11(2)13(17)10-14(15)19-16(21)18/h9-10,12H,3-8H2,1-2H3,(H2,18,19). The van der Waals surface area contributed by atoms with E-state index in [9.17, 15) is 4.39 Å². The molecule has 0 bridgehead atoms. The molecular formula is C16H23FN4. The number of anilines is 1. The van der Waals surface area contributed by atoms with Gasteiger partial charge in [0.1, 0.15) is 5.82 Å². The maximum Gasteiger partial charge on any atom is 0.201 e. The van der Waals surface area contributed by atoms with Crippen molar-refractivity contribution in [2.24, 2.45) is 0 Å². The molecule has 0 atom stereocenters. The molecule has 21 heavy (non-hydrogen) atoms. The van der Waals surface area contributed by atoms with Crippen molar-refractivity contribution in [1.82, 2.24) is 14.5 Å². The monoisotopic (exact) mass is 290 g/mol. The third-order valence-corrected chi connectivity index (χ3v) is 4.46. The van der Waals surface area contributed by atoms with E-state index in [1.807, 2.05) is 6.07 Å². The SMILES string of the molecule is CCCN1CCC(n2c(N)nc3cc(F)c(C)cc32)CC1. The maximum atomic E-state index is 13.7. The number of aromatic nitrogens is 2. The number of halogens is 1. The number of hydrogen-bond acceptors (Lipinski definition) is 3. The van der Waals surface area contributed by atoms with E-state index >= 15 is 0 Å². The van der Waals surface area contributed by atoms with Crippen molar-refractivity contribution in [3.63, 3.8) is 0 Å². The van der Waals surface area contributed by atoms with Crippen molar-refractivity contribution >= 4 is 17.0 Å². The Kier molecular flexibility index (Phi) is 3.85. The molecule has 3 rings (SSSR count). The van der Waals surface area contributed by atoms with Gasteiger partial charge in [-0.2, -0.15) is 0 Å². The van der Waals surface area contributed by atoms with Crippen LogP contribution in [0.4, 0.5) is 10.3 Å². The van der Waals surface area contributed by atoms with Crippen LogP contribution in [0, 0.1) is 12.7 Å². The van der Waals surface area contributed by atoms with E-state index in [2.05, 4.69) is 21.4 Å². The second-order valence-corrected chi connectivity index (χ2v) is 6.00. The molecule has 2 N–H and O–H groups in total. The van der Waals surface area contributed by atoms with Crippen molar-refractivity contribution in [2.45, 2.75) is 39.2 Å². The van der Waals surface area contributed by atoms with Gasteiger partial charge in [-0.1, -0.05) is 6.92 Å². The highest BCUT2D eigenvalue weighted by atomic mass is 19.1. The second-order valence-electron chi connectivity index (χ2n) is 6.00. The lowest BCUT2D eigenvalue weighted by Gasteiger charge is -2.33. The number of fused-ring (bicyclic) bond motifs is 1. The minimum atomic E-state index is -0.218. The average molecular weight is 290 g/mol. The van der Waals surface area contributed by atoms with Crippen molar-refractivity contribution < 1.29 is 4.39 Å². The number of benzene rings is 1. The lowest BCUT2D eigenvalue weighted by molar-refractivity contribution is 0.189. The molecule has 2 aromatic rings. The van der Waals surface area contributed by atoms with Gasteiger partial charge < -0.3 is 15.2 Å². The van der Waals surface area contributed by atoms with Gasteiger partial charge in [0.05, 0.1) is 11.0 Å². The van der Waals surface area contributed by atoms with Gasteiger partial charge in [0.25, 0.3) is 0 Å². The molecule has 1 aliphatic heterocycles. The largest absolute Gasteiger partial charge is 0.369 e. The van der Waals surface area contributed by atoms with Crippen molar-refractivity contribution in [2.75, 3.05) is 25.4 Å². The second kappa shape index (κ2) is 5.64. The molecule has 1 saturated heterocycles. The average Bonchev–Trinajstić information content (AvgIpc) is 2.76. The first-order chi connectivity index (χ1) is 10.1. The Hall–Kier alpha value is -1.62. The van der Waals surface area contributed by atoms with Gasteiger partial charge in [-0.05, 0) is 44.4 Å². The summed E-state index contributed by atoms with van der Waals surface area (Å²) in [6.45, 7) is 7.35. The first-order valence-corrected chi connectivity index (χ1v) is 7.76. The predicted molar refractivity (Wildman–Crippen MR) is 83.8 cm³/mol. The Morgan fingerprint density at radius 2 is 2.05 bits per heavy atom. The Morgan fingerprint density at radius 3 is 2.71 bits per heavy atom. The zero-order valence-corrected chi connectivity index (χ0v) is 12.8. The summed E-state index contributed by atoms with van der Waals surface area (Å²) in [6, 6.07) is 3.73. The van der Waals surface area contributed by atoms with Crippen LogP contribution in [0.25, 0.3) is 11.0 Å². The number of nitrogens with two attached hydrogens (primary N) is 1. The number of likely N-dealkylation sites (tertiary alicyclic amines) is 1. The molecule has 1 aromatic carbocycles. The minimum Gasteiger partial charge on any atom is -0.369 e. The summed E-state index contributed by atoms with van der Waals surface area (Å²) in [5, 5.41) is 0. The van der Waals surface area contributed by atoms with Crippen LogP contribution in [0.15, 0.2) is 12.1 Å². The molecule has 1 aliphatic rings. The van der Waals surface area contributed by atoms with Crippen LogP contribution in [0.1, 0.15) is 37.8 Å². The van der Waals surface area contributed by atoms with Crippen LogP contribution in [0.2, 0.25) is 0 Å². The van der Waals surface area contributed by atoms with E-state index in [4.69, 9.17) is 5.73 Å². The normalized spacial score (nSPS) is 17.7. The lowest BCUT2D eigenvalue weighted by atomic mass is 10.0. The predicted octanol–water partition coefficient (Wildman–Crippen LogP) is 3.11. The van der Waals surface area contributed by atoms with E-state index in [1.165, 1.54) is 12.5 Å². The van der Waals surface area contributed by atoms with Crippen LogP contribution in [0.3, 0.4) is 0 Å². The smallest absolute Gasteiger partial charge is 0.201 e. The Balaban J connectivity index is 1.90. The Morgan fingerprint density at radius 1 is 1.33 bits per heavy atom. The molecule has 0 spiro atoms. The minimum absolute atomic E-state index is 0.218. The number of rotatable bonds is 3. The number of aryl methyl sites for hydroxylation is 1. The van der Waals surface area contributed by atoms with Gasteiger partial charge in [0.2, 0.25) is 5.95 Å². The summed E-state index contributed by atoms with van der Waals surface area (Å²) in [7, 11) is 0. The highest BCUT2D eigenvalue weighted by molar-refractivity contribution is 5.79. The molecule has 0 saturated carbocycles. The van der Waals surface area contributed by atoms with Crippen molar-refractivity contribution in [3.8, 4) is 0 Å². The van der Waals surface area contributed by atoms with Gasteiger partial charge in [-0.25, -0.2) is 9.37 Å². The fraction of sp³-hybridized carbons (Fsp3) is 0.562. The molecule has 1 aromatic heterocycles. The van der Waals surface area contributed by atoms with Gasteiger partial charge in [0, 0.05) is 25.2 Å². The molecule has 114 valence electrons. The van der Waals surface area contributed by atoms with Gasteiger partial charge in [-0.3, -0.25) is 0 Å². The first-order valence-electron chi connectivity index (χ1n) is 7.76. The van der Waals surface area contributed by atoms with E-state index in [-0.39, 0.29) is 5.82 Å². The Bertz CT molecular complexity index is 641. The Labute approximate surface area is 124 Å². The zero-order chi connectivity index (χ0) is 15.0. The number of piperidine rings is 1. The zero-order valence-electron chi connectivity index (χ0n) is 12.8. The third-order valence-electron chi connectivity index (χ3n) is 4.46. The summed E-state index contributed by atoms with van der Waals surface area (Å²) in [4.78, 5) is 6.83. The molecular weight excluding hydrogens is 267 g/mol.